The molecule has 1 N–H and O–H groups in total. The van der Waals surface area contributed by atoms with Gasteiger partial charge >= 0.3 is 0 Å². The Morgan fingerprint density at radius 3 is 2.45 bits per heavy atom. The molecule has 5 aromatic rings. The van der Waals surface area contributed by atoms with Gasteiger partial charge in [0.05, 0.1) is 33.7 Å². The summed E-state index contributed by atoms with van der Waals surface area (Å²) in [6.07, 6.45) is 3.35. The van der Waals surface area contributed by atoms with Gasteiger partial charge in [-0.15, -0.1) is 0 Å². The van der Waals surface area contributed by atoms with Gasteiger partial charge in [-0.2, -0.15) is 5.10 Å². The zero-order valence-electron chi connectivity index (χ0n) is 24.5. The van der Waals surface area contributed by atoms with E-state index in [1.54, 1.807) is 12.1 Å². The number of aliphatic imine (C=N–C) groups is 2. The Morgan fingerprint density at radius 2 is 1.68 bits per heavy atom. The third-order valence-electron chi connectivity index (χ3n) is 8.07. The van der Waals surface area contributed by atoms with Crippen LogP contribution in [0.25, 0.3) is 5.69 Å². The highest BCUT2D eigenvalue weighted by Crippen LogP contribution is 2.48. The summed E-state index contributed by atoms with van der Waals surface area (Å²) in [6, 6.07) is 32.6. The van der Waals surface area contributed by atoms with Crippen LogP contribution >= 0.6 is 0 Å². The van der Waals surface area contributed by atoms with E-state index in [9.17, 15) is 10.1 Å². The first-order valence-corrected chi connectivity index (χ1v) is 14.8. The Kier molecular flexibility index (Phi) is 6.98. The summed E-state index contributed by atoms with van der Waals surface area (Å²) in [5.41, 5.74) is 7.18. The number of hydrogen-bond acceptors (Lipinski definition) is 7. The molecule has 2 aliphatic heterocycles. The minimum Gasteiger partial charge on any atom is -0.337 e. The summed E-state index contributed by atoms with van der Waals surface area (Å²) in [6.45, 7) is 4.16. The summed E-state index contributed by atoms with van der Waals surface area (Å²) in [4.78, 5) is 23.9. The van der Waals surface area contributed by atoms with Crippen molar-refractivity contribution in [1.82, 2.24) is 9.78 Å². The van der Waals surface area contributed by atoms with Gasteiger partial charge in [-0.1, -0.05) is 67.9 Å². The number of para-hydroxylation sites is 3. The van der Waals surface area contributed by atoms with Gasteiger partial charge in [-0.25, -0.2) is 14.7 Å². The van der Waals surface area contributed by atoms with Gasteiger partial charge in [0, 0.05) is 23.4 Å². The maximum absolute atomic E-state index is 11.9. The number of nitrogens with one attached hydrogen (secondary N) is 1. The summed E-state index contributed by atoms with van der Waals surface area (Å²) in [5.74, 6) is 1.87. The minimum absolute atomic E-state index is 0.0293. The second-order valence-electron chi connectivity index (χ2n) is 11.0. The number of fused-ring (bicyclic) bond motifs is 4. The van der Waals surface area contributed by atoms with E-state index in [1.165, 1.54) is 11.6 Å². The molecular weight excluding hydrogens is 550 g/mol. The maximum Gasteiger partial charge on any atom is 0.269 e. The molecule has 1 aromatic heterocycles. The van der Waals surface area contributed by atoms with Crippen molar-refractivity contribution < 1.29 is 4.92 Å². The SMILES string of the molecule is CCCCc1ccc(NC2=Nc3ccccc3N3C2=Nc2c(c(C)nn2-c2ccccc2)[C@@H]3c2cccc([N+](=O)[O-])c2)cc1. The van der Waals surface area contributed by atoms with Crippen molar-refractivity contribution in [3.63, 3.8) is 0 Å². The molecule has 0 saturated heterocycles. The number of nitro groups is 1. The van der Waals surface area contributed by atoms with Crippen LogP contribution in [0.1, 0.15) is 48.2 Å². The van der Waals surface area contributed by atoms with E-state index in [2.05, 4.69) is 41.4 Å². The van der Waals surface area contributed by atoms with Crippen molar-refractivity contribution in [3.05, 3.63) is 136 Å². The van der Waals surface area contributed by atoms with Crippen LogP contribution < -0.4 is 10.2 Å². The molecule has 3 heterocycles. The van der Waals surface area contributed by atoms with Gasteiger partial charge in [0.25, 0.3) is 5.69 Å². The average Bonchev–Trinajstić information content (AvgIpc) is 3.39. The Balaban J connectivity index is 1.43. The molecule has 218 valence electrons. The monoisotopic (exact) mass is 581 g/mol. The van der Waals surface area contributed by atoms with E-state index < -0.39 is 6.04 Å². The topological polar surface area (TPSA) is 101 Å². The number of benzene rings is 4. The van der Waals surface area contributed by atoms with Crippen LogP contribution in [-0.4, -0.2) is 26.4 Å². The number of hydrogen-bond donors (Lipinski definition) is 1. The quantitative estimate of drug-likeness (QED) is 0.154. The van der Waals surface area contributed by atoms with E-state index in [-0.39, 0.29) is 10.6 Å². The minimum atomic E-state index is -0.445. The van der Waals surface area contributed by atoms with Gasteiger partial charge < -0.3 is 10.2 Å². The maximum atomic E-state index is 11.9. The molecule has 0 bridgehead atoms. The van der Waals surface area contributed by atoms with Crippen molar-refractivity contribution in [2.45, 2.75) is 39.2 Å². The lowest BCUT2D eigenvalue weighted by molar-refractivity contribution is -0.384. The molecule has 0 amide bonds. The molecule has 0 radical (unpaired) electrons. The number of unbranched alkanes of at least 4 members (excludes halogenated alkanes) is 1. The number of aryl methyl sites for hydroxylation is 2. The second-order valence-corrected chi connectivity index (χ2v) is 11.0. The molecular formula is C35H31N7O2. The zero-order chi connectivity index (χ0) is 30.2. The van der Waals surface area contributed by atoms with Crippen molar-refractivity contribution in [3.8, 4) is 5.69 Å². The number of amidine groups is 2. The normalized spacial score (nSPS) is 15.0. The molecule has 7 rings (SSSR count). The summed E-state index contributed by atoms with van der Waals surface area (Å²) in [5, 5.41) is 20.4. The van der Waals surface area contributed by atoms with E-state index in [0.29, 0.717) is 17.5 Å². The van der Waals surface area contributed by atoms with E-state index in [1.807, 2.05) is 72.3 Å². The highest BCUT2D eigenvalue weighted by atomic mass is 16.6. The van der Waals surface area contributed by atoms with Gasteiger partial charge in [0.15, 0.2) is 17.5 Å². The molecule has 4 aromatic carbocycles. The Hall–Kier alpha value is -5.57. The molecule has 1 atom stereocenters. The van der Waals surface area contributed by atoms with Crippen LogP contribution in [0.5, 0.6) is 0 Å². The van der Waals surface area contributed by atoms with Gasteiger partial charge in [0.1, 0.15) is 0 Å². The highest BCUT2D eigenvalue weighted by Gasteiger charge is 2.41. The van der Waals surface area contributed by atoms with Crippen LogP contribution in [0, 0.1) is 17.0 Å². The van der Waals surface area contributed by atoms with Crippen LogP contribution in [-0.2, 0) is 6.42 Å². The third-order valence-corrected chi connectivity index (χ3v) is 8.07. The van der Waals surface area contributed by atoms with Gasteiger partial charge in [0.2, 0.25) is 0 Å². The Labute approximate surface area is 255 Å². The van der Waals surface area contributed by atoms with Crippen molar-refractivity contribution in [2.24, 2.45) is 9.98 Å². The van der Waals surface area contributed by atoms with Crippen LogP contribution in [0.3, 0.4) is 0 Å². The number of anilines is 2. The summed E-state index contributed by atoms with van der Waals surface area (Å²) in [7, 11) is 0. The number of aromatic nitrogens is 2. The fraction of sp³-hybridized carbons (Fsp3) is 0.171. The van der Waals surface area contributed by atoms with Gasteiger partial charge in [-0.05, 0) is 67.3 Å². The lowest BCUT2D eigenvalue weighted by Crippen LogP contribution is -2.46. The number of nitro benzene ring substituents is 1. The fourth-order valence-corrected chi connectivity index (χ4v) is 5.94. The number of non-ortho nitro benzene ring substituents is 1. The Bertz CT molecular complexity index is 1930. The molecule has 0 unspecified atom stereocenters. The van der Waals surface area contributed by atoms with E-state index in [0.717, 1.165) is 58.8 Å². The second kappa shape index (κ2) is 11.3. The molecule has 0 fully saturated rings. The molecule has 2 aliphatic rings. The number of nitrogens with zero attached hydrogens (tertiary/aromatic N) is 6. The Morgan fingerprint density at radius 1 is 0.909 bits per heavy atom. The van der Waals surface area contributed by atoms with E-state index in [4.69, 9.17) is 15.1 Å². The predicted molar refractivity (Wildman–Crippen MR) is 175 cm³/mol. The lowest BCUT2D eigenvalue weighted by Gasteiger charge is -2.40. The zero-order valence-corrected chi connectivity index (χ0v) is 24.5. The largest absolute Gasteiger partial charge is 0.337 e. The number of rotatable bonds is 7. The molecule has 0 aliphatic carbocycles. The summed E-state index contributed by atoms with van der Waals surface area (Å²) >= 11 is 0. The molecule has 0 saturated carbocycles. The van der Waals surface area contributed by atoms with Crippen molar-refractivity contribution in [1.29, 1.82) is 0 Å². The standard InChI is InChI=1S/C35H31N7O2/c1-3-4-11-24-18-20-26(21-19-24)36-33-35-38-34-31(23(2)39-41(34)27-13-6-5-7-14-27)32(25-12-10-15-28(22-25)42(43)44)40(35)30-17-9-8-16-29(30)37-33/h5-10,12-22,32H,3-4,11H2,1-2H3,(H,36,37)/t32-/m0/s1. The van der Waals surface area contributed by atoms with Crippen molar-refractivity contribution in [2.75, 3.05) is 10.2 Å². The first kappa shape index (κ1) is 27.3. The first-order valence-electron chi connectivity index (χ1n) is 14.8. The van der Waals surface area contributed by atoms with E-state index >= 15 is 0 Å². The van der Waals surface area contributed by atoms with Crippen LogP contribution in [0.15, 0.2) is 113 Å². The van der Waals surface area contributed by atoms with Crippen LogP contribution in [0.2, 0.25) is 0 Å². The first-order chi connectivity index (χ1) is 21.5. The summed E-state index contributed by atoms with van der Waals surface area (Å²) < 4.78 is 1.85. The third kappa shape index (κ3) is 4.82. The molecule has 44 heavy (non-hydrogen) atoms. The molecule has 9 nitrogen and oxygen atoms in total. The lowest BCUT2D eigenvalue weighted by atomic mass is 9.93. The average molecular weight is 582 g/mol. The van der Waals surface area contributed by atoms with Crippen LogP contribution in [0.4, 0.5) is 28.6 Å². The van der Waals surface area contributed by atoms with Crippen molar-refractivity contribution >= 4 is 40.2 Å². The molecule has 9 heteroatoms. The highest BCUT2D eigenvalue weighted by molar-refractivity contribution is 6.51. The van der Waals surface area contributed by atoms with Gasteiger partial charge in [-0.3, -0.25) is 10.1 Å². The fourth-order valence-electron chi connectivity index (χ4n) is 5.94. The molecule has 0 spiro atoms. The predicted octanol–water partition coefficient (Wildman–Crippen LogP) is 8.23. The smallest absolute Gasteiger partial charge is 0.269 e.